The fourth-order valence-electron chi connectivity index (χ4n) is 1.14. The molecule has 0 aliphatic rings. The van der Waals surface area contributed by atoms with E-state index in [1.807, 2.05) is 19.9 Å². The zero-order valence-electron chi connectivity index (χ0n) is 11.0. The van der Waals surface area contributed by atoms with Gasteiger partial charge in [-0.1, -0.05) is 61.4 Å². The molecule has 0 N–H and O–H groups in total. The van der Waals surface area contributed by atoms with Gasteiger partial charge in [-0.3, -0.25) is 0 Å². The fraction of sp³-hybridized carbons (Fsp3) is 0.833. The average Bonchev–Trinajstić information content (AvgIpc) is 1.98. The quantitative estimate of drug-likeness (QED) is 0.369. The summed E-state index contributed by atoms with van der Waals surface area (Å²) in [6.07, 6.45) is 2.46. The minimum absolute atomic E-state index is 0.0563. The van der Waals surface area contributed by atoms with Crippen LogP contribution >= 0.6 is 15.9 Å². The first-order valence-electron chi connectivity index (χ1n) is 5.43. The Bertz CT molecular complexity index is 245. The molecule has 0 amide bonds. The topological polar surface area (TPSA) is 0 Å². The normalized spacial score (nSPS) is 17.1. The molecule has 0 bridgehead atoms. The Morgan fingerprint density at radius 3 is 1.93 bits per heavy atom. The van der Waals surface area contributed by atoms with Crippen LogP contribution in [0, 0.1) is 0 Å². The largest absolute Gasteiger partial charge is 0.235 e. The Balaban J connectivity index is 4.94. The van der Waals surface area contributed by atoms with Crippen LogP contribution < -0.4 is 0 Å². The van der Waals surface area contributed by atoms with Gasteiger partial charge < -0.3 is 0 Å². The van der Waals surface area contributed by atoms with Crippen LogP contribution in [-0.4, -0.2) is 12.3 Å². The average molecular weight is 295 g/mol. The number of rotatable bonds is 3. The molecule has 0 saturated carbocycles. The van der Waals surface area contributed by atoms with Gasteiger partial charge in [0, 0.05) is 6.42 Å². The second kappa shape index (κ2) is 4.70. The fourth-order valence-corrected chi connectivity index (χ4v) is 4.79. The van der Waals surface area contributed by atoms with Crippen molar-refractivity contribution in [3.05, 3.63) is 11.6 Å². The molecule has 0 aliphatic carbocycles. The highest BCUT2D eigenvalue weighted by molar-refractivity contribution is 9.10. The zero-order chi connectivity index (χ0) is 12.5. The van der Waals surface area contributed by atoms with Crippen LogP contribution in [0.5, 0.6) is 0 Å². The lowest BCUT2D eigenvalue weighted by molar-refractivity contribution is 0.382. The molecular weight excluding hydrogens is 271 g/mol. The van der Waals surface area contributed by atoms with Crippen molar-refractivity contribution in [1.82, 2.24) is 0 Å². The van der Waals surface area contributed by atoms with Crippen LogP contribution in [-0.2, 0) is 0 Å². The maximum atomic E-state index is 14.7. The van der Waals surface area contributed by atoms with Crippen molar-refractivity contribution in [3.63, 3.8) is 0 Å². The molecule has 90 valence electrons. The van der Waals surface area contributed by atoms with Crippen molar-refractivity contribution < 1.29 is 4.39 Å². The van der Waals surface area contributed by atoms with Gasteiger partial charge in [0.25, 0.3) is 0 Å². The highest BCUT2D eigenvalue weighted by Gasteiger charge is 2.52. The lowest BCUT2D eigenvalue weighted by atomic mass is 10.2. The first-order valence-corrected chi connectivity index (χ1v) is 9.22. The predicted octanol–water partition coefficient (Wildman–Crippen LogP) is 5.45. The Labute approximate surface area is 103 Å². The van der Waals surface area contributed by atoms with Gasteiger partial charge in [-0.25, -0.2) is 4.39 Å². The van der Waals surface area contributed by atoms with Crippen molar-refractivity contribution >= 4 is 24.0 Å². The van der Waals surface area contributed by atoms with E-state index in [0.29, 0.717) is 6.42 Å². The summed E-state index contributed by atoms with van der Waals surface area (Å²) in [7, 11) is -1.99. The number of allylic oxidation sites excluding steroid dienone is 2. The van der Waals surface area contributed by atoms with Crippen LogP contribution in [0.25, 0.3) is 0 Å². The smallest absolute Gasteiger partial charge is 0.155 e. The van der Waals surface area contributed by atoms with E-state index in [2.05, 4.69) is 49.8 Å². The summed E-state index contributed by atoms with van der Waals surface area (Å²) in [5.74, 6) is 0. The molecule has 0 aromatic rings. The molecule has 0 heterocycles. The second-order valence-corrected chi connectivity index (χ2v) is 13.6. The monoisotopic (exact) mass is 294 g/mol. The van der Waals surface area contributed by atoms with E-state index in [9.17, 15) is 4.39 Å². The lowest BCUT2D eigenvalue weighted by Crippen LogP contribution is -2.53. The molecule has 0 rings (SSSR count). The van der Waals surface area contributed by atoms with Crippen molar-refractivity contribution in [1.29, 1.82) is 0 Å². The third-order valence-corrected chi connectivity index (χ3v) is 12.6. The summed E-state index contributed by atoms with van der Waals surface area (Å²) in [6.45, 7) is 14.6. The van der Waals surface area contributed by atoms with Gasteiger partial charge in [-0.2, -0.15) is 0 Å². The van der Waals surface area contributed by atoms with E-state index in [4.69, 9.17) is 0 Å². The summed E-state index contributed by atoms with van der Waals surface area (Å²) < 4.78 is 13.4. The van der Waals surface area contributed by atoms with Gasteiger partial charge in [0.2, 0.25) is 0 Å². The standard InChI is InChI=1S/C12H24BrFSi/c1-10(2)8-9-12(13,14)15(6,7)11(3,4)5/h8H,9H2,1-7H3. The van der Waals surface area contributed by atoms with Crippen molar-refractivity contribution in [2.24, 2.45) is 0 Å². The second-order valence-electron chi connectivity index (χ2n) is 6.07. The molecule has 15 heavy (non-hydrogen) atoms. The molecule has 0 nitrogen and oxygen atoms in total. The summed E-state index contributed by atoms with van der Waals surface area (Å²) >= 11 is 3.32. The molecule has 0 aromatic carbocycles. The maximum Gasteiger partial charge on any atom is 0.155 e. The Kier molecular flexibility index (Phi) is 4.82. The maximum absolute atomic E-state index is 14.7. The van der Waals surface area contributed by atoms with Crippen molar-refractivity contribution in [3.8, 4) is 0 Å². The molecular formula is C12H24BrFSi. The van der Waals surface area contributed by atoms with Gasteiger partial charge in [-0.15, -0.1) is 0 Å². The van der Waals surface area contributed by atoms with E-state index in [-0.39, 0.29) is 5.04 Å². The first kappa shape index (κ1) is 15.4. The summed E-state index contributed by atoms with van der Waals surface area (Å²) in [6, 6.07) is 0. The third-order valence-electron chi connectivity index (χ3n) is 3.56. The number of hydrogen-bond acceptors (Lipinski definition) is 0. The molecule has 0 fully saturated rings. The van der Waals surface area contributed by atoms with Crippen LogP contribution in [0.3, 0.4) is 0 Å². The molecule has 3 heteroatoms. The summed E-state index contributed by atoms with van der Waals surface area (Å²) in [5.41, 5.74) is 1.18. The van der Waals surface area contributed by atoms with Gasteiger partial charge >= 0.3 is 0 Å². The molecule has 1 atom stereocenters. The number of halogens is 2. The molecule has 0 radical (unpaired) electrons. The van der Waals surface area contributed by atoms with Gasteiger partial charge in [0.15, 0.2) is 4.20 Å². The van der Waals surface area contributed by atoms with Crippen LogP contribution in [0.4, 0.5) is 4.39 Å². The summed E-state index contributed by atoms with van der Waals surface area (Å²) in [4.78, 5) is 0. The van der Waals surface area contributed by atoms with Crippen LogP contribution in [0.15, 0.2) is 11.6 Å². The molecule has 0 aliphatic heterocycles. The van der Waals surface area contributed by atoms with E-state index >= 15 is 0 Å². The minimum Gasteiger partial charge on any atom is -0.235 e. The van der Waals surface area contributed by atoms with E-state index < -0.39 is 12.3 Å². The van der Waals surface area contributed by atoms with Crippen LogP contribution in [0.1, 0.15) is 41.0 Å². The zero-order valence-corrected chi connectivity index (χ0v) is 13.6. The molecule has 1 unspecified atom stereocenters. The van der Waals surface area contributed by atoms with Gasteiger partial charge in [0.05, 0.1) is 0 Å². The minimum atomic E-state index is -1.99. The highest BCUT2D eigenvalue weighted by Crippen LogP contribution is 2.49. The highest BCUT2D eigenvalue weighted by atomic mass is 79.9. The lowest BCUT2D eigenvalue weighted by Gasteiger charge is -2.44. The van der Waals surface area contributed by atoms with Crippen molar-refractivity contribution in [2.75, 3.05) is 0 Å². The Hall–Kier alpha value is 0.367. The van der Waals surface area contributed by atoms with Crippen molar-refractivity contribution in [2.45, 2.75) is 63.4 Å². The molecule has 0 spiro atoms. The summed E-state index contributed by atoms with van der Waals surface area (Å²) in [5, 5.41) is 0.0563. The Morgan fingerprint density at radius 1 is 1.27 bits per heavy atom. The van der Waals surface area contributed by atoms with Crippen LogP contribution in [0.2, 0.25) is 18.1 Å². The van der Waals surface area contributed by atoms with Gasteiger partial charge in [-0.05, 0) is 18.9 Å². The van der Waals surface area contributed by atoms with E-state index in [1.165, 1.54) is 5.57 Å². The first-order chi connectivity index (χ1) is 6.42. The number of hydrogen-bond donors (Lipinski definition) is 0. The van der Waals surface area contributed by atoms with Gasteiger partial charge in [0.1, 0.15) is 8.07 Å². The Morgan fingerprint density at radius 2 is 1.67 bits per heavy atom. The predicted molar refractivity (Wildman–Crippen MR) is 74.0 cm³/mol. The third kappa shape index (κ3) is 3.70. The molecule has 0 saturated heterocycles. The van der Waals surface area contributed by atoms with E-state index in [0.717, 1.165) is 0 Å². The SMILES string of the molecule is CC(C)=CCC(F)(Br)[Si](C)(C)C(C)(C)C. The van der Waals surface area contributed by atoms with E-state index in [1.54, 1.807) is 0 Å². The molecule has 0 aromatic heterocycles. The number of alkyl halides is 2.